The van der Waals surface area contributed by atoms with Gasteiger partial charge in [0.25, 0.3) is 5.91 Å². The van der Waals surface area contributed by atoms with Gasteiger partial charge in [-0.2, -0.15) is 0 Å². The number of hydrogen-bond donors (Lipinski definition) is 1. The number of halogens is 2. The van der Waals surface area contributed by atoms with E-state index in [4.69, 9.17) is 27.9 Å². The van der Waals surface area contributed by atoms with Gasteiger partial charge in [0.2, 0.25) is 0 Å². The van der Waals surface area contributed by atoms with Crippen LogP contribution in [0.15, 0.2) is 65.0 Å². The second kappa shape index (κ2) is 11.5. The van der Waals surface area contributed by atoms with Crippen LogP contribution in [0, 0.1) is 10.8 Å². The maximum atomic E-state index is 13.9. The average Bonchev–Trinajstić information content (AvgIpc) is 2.89. The van der Waals surface area contributed by atoms with Crippen molar-refractivity contribution in [2.45, 2.75) is 72.6 Å². The van der Waals surface area contributed by atoms with Crippen molar-refractivity contribution < 1.29 is 19.1 Å². The molecule has 0 aromatic heterocycles. The first-order valence-corrected chi connectivity index (χ1v) is 15.3. The lowest BCUT2D eigenvalue weighted by molar-refractivity contribution is -0.120. The summed E-state index contributed by atoms with van der Waals surface area (Å²) < 4.78 is 5.76. The van der Waals surface area contributed by atoms with Crippen LogP contribution in [0.4, 0.5) is 5.69 Å². The zero-order valence-electron chi connectivity index (χ0n) is 24.9. The lowest BCUT2D eigenvalue weighted by Gasteiger charge is -2.49. The quantitative estimate of drug-likeness (QED) is 0.343. The minimum atomic E-state index is -0.481. The number of nitrogens with zero attached hydrogens (tertiary/aromatic N) is 1. The lowest BCUT2D eigenvalue weighted by Crippen LogP contribution is -2.44. The molecule has 42 heavy (non-hydrogen) atoms. The van der Waals surface area contributed by atoms with E-state index in [1.807, 2.05) is 6.07 Å². The van der Waals surface area contributed by atoms with Gasteiger partial charge in [0, 0.05) is 47.8 Å². The molecular weight excluding hydrogens is 571 g/mol. The molecule has 1 aliphatic heterocycles. The predicted molar refractivity (Wildman–Crippen MR) is 167 cm³/mol. The van der Waals surface area contributed by atoms with E-state index in [2.05, 4.69) is 44.8 Å². The van der Waals surface area contributed by atoms with Gasteiger partial charge in [0.05, 0.1) is 15.7 Å². The molecule has 2 aromatic rings. The van der Waals surface area contributed by atoms with Crippen LogP contribution in [-0.2, 0) is 14.4 Å². The van der Waals surface area contributed by atoms with Gasteiger partial charge >= 0.3 is 0 Å². The molecule has 0 unspecified atom stereocenters. The van der Waals surface area contributed by atoms with Gasteiger partial charge in [0.1, 0.15) is 5.75 Å². The Labute approximate surface area is 258 Å². The maximum Gasteiger partial charge on any atom is 0.262 e. The van der Waals surface area contributed by atoms with E-state index < -0.39 is 5.92 Å². The first-order chi connectivity index (χ1) is 19.8. The van der Waals surface area contributed by atoms with Gasteiger partial charge in [-0.3, -0.25) is 14.4 Å². The topological polar surface area (TPSA) is 75.7 Å². The Kier molecular flexibility index (Phi) is 8.34. The normalized spacial score (nSPS) is 19.9. The second-order valence-electron chi connectivity index (χ2n) is 13.2. The summed E-state index contributed by atoms with van der Waals surface area (Å²) in [5.41, 5.74) is 4.47. The number of nitrogens with one attached hydrogen (secondary N) is 1. The Balaban J connectivity index is 1.50. The Morgan fingerprint density at radius 3 is 2.05 bits per heavy atom. The summed E-state index contributed by atoms with van der Waals surface area (Å²) >= 11 is 12.9. The van der Waals surface area contributed by atoms with Gasteiger partial charge < -0.3 is 15.0 Å². The van der Waals surface area contributed by atoms with Crippen molar-refractivity contribution in [2.24, 2.45) is 10.8 Å². The molecule has 3 aliphatic rings. The molecule has 1 N–H and O–H groups in total. The molecule has 8 heteroatoms. The highest BCUT2D eigenvalue weighted by Crippen LogP contribution is 2.54. The standard InChI is InChI=1S/C34H38Cl2N2O4/c1-6-13-38-24-15-33(2,3)17-26(39)31(24)30(32-25(38)16-34(4,5)18-27(32)40)20-11-12-28(22(36)14-20)42-19-29(41)37-23-10-8-7-9-21(23)35/h7-12,14,30H,6,13,15-19H2,1-5H3,(H,37,41). The zero-order chi connectivity index (χ0) is 30.4. The highest BCUT2D eigenvalue weighted by molar-refractivity contribution is 6.33. The van der Waals surface area contributed by atoms with E-state index in [1.165, 1.54) is 0 Å². The van der Waals surface area contributed by atoms with E-state index in [-0.39, 0.29) is 34.9 Å². The Morgan fingerprint density at radius 1 is 0.905 bits per heavy atom. The van der Waals surface area contributed by atoms with Crippen molar-refractivity contribution in [3.05, 3.63) is 80.6 Å². The Morgan fingerprint density at radius 2 is 1.50 bits per heavy atom. The number of Topliss-reactive ketones (excluding diaryl/α,β-unsaturated/α-hetero) is 2. The number of anilines is 1. The minimum absolute atomic E-state index is 0.0872. The monoisotopic (exact) mass is 608 g/mol. The van der Waals surface area contributed by atoms with E-state index in [0.29, 0.717) is 34.3 Å². The van der Waals surface area contributed by atoms with Crippen LogP contribution >= 0.6 is 23.2 Å². The molecule has 0 spiro atoms. The fraction of sp³-hybridized carbons (Fsp3) is 0.441. The predicted octanol–water partition coefficient (Wildman–Crippen LogP) is 8.11. The van der Waals surface area contributed by atoms with Gasteiger partial charge in [-0.1, -0.05) is 76.0 Å². The number of ether oxygens (including phenoxy) is 1. The van der Waals surface area contributed by atoms with Gasteiger partial charge in [0.15, 0.2) is 18.2 Å². The fourth-order valence-corrected chi connectivity index (χ4v) is 7.01. The highest BCUT2D eigenvalue weighted by Gasteiger charge is 2.48. The van der Waals surface area contributed by atoms with Gasteiger partial charge in [-0.05, 0) is 59.9 Å². The third-order valence-electron chi connectivity index (χ3n) is 8.27. The molecule has 0 atom stereocenters. The van der Waals surface area contributed by atoms with Crippen LogP contribution < -0.4 is 10.1 Å². The zero-order valence-corrected chi connectivity index (χ0v) is 26.4. The van der Waals surface area contributed by atoms with Gasteiger partial charge in [-0.15, -0.1) is 0 Å². The second-order valence-corrected chi connectivity index (χ2v) is 14.0. The third kappa shape index (κ3) is 6.02. The SMILES string of the molecule is CCCN1C2=C(C(=O)CC(C)(C)C2)C(c2ccc(OCC(=O)Nc3ccccc3Cl)c(Cl)c2)C2=C1CC(C)(C)CC2=O. The number of amides is 1. The minimum Gasteiger partial charge on any atom is -0.482 e. The van der Waals surface area contributed by atoms with Crippen molar-refractivity contribution in [3.8, 4) is 5.75 Å². The van der Waals surface area contributed by atoms with Crippen LogP contribution in [0.5, 0.6) is 5.75 Å². The van der Waals surface area contributed by atoms with Crippen molar-refractivity contribution in [1.82, 2.24) is 4.90 Å². The summed E-state index contributed by atoms with van der Waals surface area (Å²) in [5, 5.41) is 3.47. The van der Waals surface area contributed by atoms with Crippen molar-refractivity contribution in [3.63, 3.8) is 0 Å². The van der Waals surface area contributed by atoms with Crippen LogP contribution in [0.2, 0.25) is 10.0 Å². The number of allylic oxidation sites excluding steroid dienone is 4. The molecule has 0 saturated heterocycles. The molecule has 1 heterocycles. The van der Waals surface area contributed by atoms with Crippen molar-refractivity contribution in [2.75, 3.05) is 18.5 Å². The Bertz CT molecular complexity index is 1470. The molecular formula is C34H38Cl2N2O4. The largest absolute Gasteiger partial charge is 0.482 e. The first-order valence-electron chi connectivity index (χ1n) is 14.6. The van der Waals surface area contributed by atoms with E-state index in [9.17, 15) is 14.4 Å². The molecule has 2 aliphatic carbocycles. The summed E-state index contributed by atoms with van der Waals surface area (Å²) in [4.78, 5) is 42.5. The van der Waals surface area contributed by atoms with Crippen LogP contribution in [-0.4, -0.2) is 35.5 Å². The van der Waals surface area contributed by atoms with Crippen molar-refractivity contribution in [1.29, 1.82) is 0 Å². The molecule has 0 bridgehead atoms. The van der Waals surface area contributed by atoms with Crippen LogP contribution in [0.3, 0.4) is 0 Å². The van der Waals surface area contributed by atoms with Gasteiger partial charge in [-0.25, -0.2) is 0 Å². The molecule has 5 rings (SSSR count). The van der Waals surface area contributed by atoms with E-state index >= 15 is 0 Å². The summed E-state index contributed by atoms with van der Waals surface area (Å²) in [6, 6.07) is 12.3. The number of para-hydroxylation sites is 1. The maximum absolute atomic E-state index is 13.9. The molecule has 0 saturated carbocycles. The average molecular weight is 610 g/mol. The first kappa shape index (κ1) is 30.4. The van der Waals surface area contributed by atoms with E-state index in [1.54, 1.807) is 36.4 Å². The number of hydrogen-bond acceptors (Lipinski definition) is 5. The summed E-state index contributed by atoms with van der Waals surface area (Å²) in [6.07, 6.45) is 3.31. The number of carbonyl (C=O) groups excluding carboxylic acids is 3. The molecule has 1 amide bonds. The lowest BCUT2D eigenvalue weighted by atomic mass is 9.63. The smallest absolute Gasteiger partial charge is 0.262 e. The molecule has 0 radical (unpaired) electrons. The number of ketones is 2. The number of rotatable bonds is 7. The van der Waals surface area contributed by atoms with Crippen LogP contribution in [0.1, 0.15) is 78.2 Å². The number of benzene rings is 2. The molecule has 2 aromatic carbocycles. The Hall–Kier alpha value is -3.09. The fourth-order valence-electron chi connectivity index (χ4n) is 6.58. The highest BCUT2D eigenvalue weighted by atomic mass is 35.5. The summed E-state index contributed by atoms with van der Waals surface area (Å²) in [5.74, 6) is -0.338. The summed E-state index contributed by atoms with van der Waals surface area (Å²) in [7, 11) is 0. The number of carbonyl (C=O) groups is 3. The molecule has 0 fully saturated rings. The van der Waals surface area contributed by atoms with E-state index in [0.717, 1.165) is 53.9 Å². The van der Waals surface area contributed by atoms with Crippen molar-refractivity contribution >= 4 is 46.4 Å². The molecule has 222 valence electrons. The summed E-state index contributed by atoms with van der Waals surface area (Å²) in [6.45, 7) is 11.2. The third-order valence-corrected chi connectivity index (χ3v) is 8.89. The van der Waals surface area contributed by atoms with Crippen LogP contribution in [0.25, 0.3) is 0 Å². The molecule has 6 nitrogen and oxygen atoms in total.